The Balaban J connectivity index is 1.79. The Morgan fingerprint density at radius 3 is 2.52 bits per heavy atom. The summed E-state index contributed by atoms with van der Waals surface area (Å²) >= 11 is 0. The van der Waals surface area contributed by atoms with Crippen molar-refractivity contribution in [3.05, 3.63) is 66.4 Å². The number of rotatable bonds is 5. The van der Waals surface area contributed by atoms with Crippen LogP contribution in [0.3, 0.4) is 0 Å². The zero-order valence-corrected chi connectivity index (χ0v) is 13.6. The SMILES string of the molecule is CCN(C(=O)C(C)Cc1c[nH]c2ccccc12)c1ccccc1. The molecule has 0 saturated heterocycles. The van der Waals surface area contributed by atoms with Crippen LogP contribution >= 0.6 is 0 Å². The number of aromatic amines is 1. The number of hydrogen-bond acceptors (Lipinski definition) is 1. The molecule has 1 aromatic heterocycles. The second-order valence-electron chi connectivity index (χ2n) is 5.88. The van der Waals surface area contributed by atoms with Crippen molar-refractivity contribution in [1.82, 2.24) is 4.98 Å². The predicted molar refractivity (Wildman–Crippen MR) is 95.6 cm³/mol. The maximum Gasteiger partial charge on any atom is 0.230 e. The van der Waals surface area contributed by atoms with Gasteiger partial charge in [0, 0.05) is 35.2 Å². The normalized spacial score (nSPS) is 12.3. The van der Waals surface area contributed by atoms with Crippen LogP contribution in [0.5, 0.6) is 0 Å². The molecule has 0 aliphatic rings. The molecule has 1 heterocycles. The number of fused-ring (bicyclic) bond motifs is 1. The van der Waals surface area contributed by atoms with Gasteiger partial charge in [-0.2, -0.15) is 0 Å². The molecular weight excluding hydrogens is 284 g/mol. The van der Waals surface area contributed by atoms with E-state index in [0.717, 1.165) is 17.6 Å². The lowest BCUT2D eigenvalue weighted by Gasteiger charge is -2.24. The molecular formula is C20H22N2O. The number of amides is 1. The summed E-state index contributed by atoms with van der Waals surface area (Å²) in [6, 6.07) is 18.1. The van der Waals surface area contributed by atoms with Gasteiger partial charge < -0.3 is 9.88 Å². The number of nitrogens with zero attached hydrogens (tertiary/aromatic N) is 1. The number of H-pyrrole nitrogens is 1. The lowest BCUT2D eigenvalue weighted by molar-refractivity contribution is -0.121. The number of para-hydroxylation sites is 2. The molecule has 0 saturated carbocycles. The van der Waals surface area contributed by atoms with Gasteiger partial charge in [0.25, 0.3) is 0 Å². The number of anilines is 1. The molecule has 3 nitrogen and oxygen atoms in total. The van der Waals surface area contributed by atoms with Gasteiger partial charge in [-0.25, -0.2) is 0 Å². The molecule has 118 valence electrons. The first-order valence-corrected chi connectivity index (χ1v) is 8.12. The fourth-order valence-corrected chi connectivity index (χ4v) is 3.06. The topological polar surface area (TPSA) is 36.1 Å². The van der Waals surface area contributed by atoms with Crippen molar-refractivity contribution >= 4 is 22.5 Å². The first-order chi connectivity index (χ1) is 11.2. The Hall–Kier alpha value is -2.55. The van der Waals surface area contributed by atoms with Crippen LogP contribution in [0.2, 0.25) is 0 Å². The van der Waals surface area contributed by atoms with Crippen LogP contribution < -0.4 is 4.90 Å². The molecule has 0 spiro atoms. The molecule has 2 aromatic carbocycles. The van der Waals surface area contributed by atoms with Gasteiger partial charge in [-0.3, -0.25) is 4.79 Å². The van der Waals surface area contributed by atoms with Gasteiger partial charge in [-0.05, 0) is 37.1 Å². The van der Waals surface area contributed by atoms with Crippen molar-refractivity contribution in [3.63, 3.8) is 0 Å². The minimum absolute atomic E-state index is 0.0608. The summed E-state index contributed by atoms with van der Waals surface area (Å²) in [4.78, 5) is 18.0. The average molecular weight is 306 g/mol. The Morgan fingerprint density at radius 1 is 1.09 bits per heavy atom. The van der Waals surface area contributed by atoms with E-state index in [1.54, 1.807) is 0 Å². The molecule has 0 aliphatic carbocycles. The third-order valence-electron chi connectivity index (χ3n) is 4.27. The van der Waals surface area contributed by atoms with Gasteiger partial charge in [0.1, 0.15) is 0 Å². The van der Waals surface area contributed by atoms with Crippen LogP contribution in [0, 0.1) is 5.92 Å². The lowest BCUT2D eigenvalue weighted by Crippen LogP contribution is -2.35. The molecule has 0 radical (unpaired) electrons. The average Bonchev–Trinajstić information content (AvgIpc) is 2.99. The first kappa shape index (κ1) is 15.3. The Bertz CT molecular complexity index is 792. The smallest absolute Gasteiger partial charge is 0.230 e. The Labute approximate surface area is 136 Å². The second-order valence-corrected chi connectivity index (χ2v) is 5.88. The number of benzene rings is 2. The number of carbonyl (C=O) groups is 1. The third-order valence-corrected chi connectivity index (χ3v) is 4.27. The van der Waals surface area contributed by atoms with E-state index in [1.165, 1.54) is 10.9 Å². The van der Waals surface area contributed by atoms with Gasteiger partial charge >= 0.3 is 0 Å². The fraction of sp³-hybridized carbons (Fsp3) is 0.250. The number of aromatic nitrogens is 1. The number of carbonyl (C=O) groups excluding carboxylic acids is 1. The van der Waals surface area contributed by atoms with Crippen molar-refractivity contribution in [3.8, 4) is 0 Å². The van der Waals surface area contributed by atoms with E-state index in [2.05, 4.69) is 17.1 Å². The maximum absolute atomic E-state index is 12.9. The van der Waals surface area contributed by atoms with E-state index in [9.17, 15) is 4.79 Å². The zero-order valence-electron chi connectivity index (χ0n) is 13.6. The molecule has 3 aromatic rings. The van der Waals surface area contributed by atoms with Crippen molar-refractivity contribution in [2.45, 2.75) is 20.3 Å². The lowest BCUT2D eigenvalue weighted by atomic mass is 9.99. The third kappa shape index (κ3) is 3.14. The van der Waals surface area contributed by atoms with E-state index in [4.69, 9.17) is 0 Å². The highest BCUT2D eigenvalue weighted by Gasteiger charge is 2.21. The van der Waals surface area contributed by atoms with Crippen molar-refractivity contribution < 1.29 is 4.79 Å². The van der Waals surface area contributed by atoms with Crippen molar-refractivity contribution in [1.29, 1.82) is 0 Å². The first-order valence-electron chi connectivity index (χ1n) is 8.12. The predicted octanol–water partition coefficient (Wildman–Crippen LogP) is 4.40. The van der Waals surface area contributed by atoms with Gasteiger partial charge in [-0.15, -0.1) is 0 Å². The molecule has 23 heavy (non-hydrogen) atoms. The van der Waals surface area contributed by atoms with Crippen LogP contribution in [0.25, 0.3) is 10.9 Å². The summed E-state index contributed by atoms with van der Waals surface area (Å²) in [6.07, 6.45) is 2.76. The molecule has 1 amide bonds. The summed E-state index contributed by atoms with van der Waals surface area (Å²) in [6.45, 7) is 4.71. The molecule has 3 heteroatoms. The summed E-state index contributed by atoms with van der Waals surface area (Å²) < 4.78 is 0. The van der Waals surface area contributed by atoms with E-state index in [0.29, 0.717) is 6.54 Å². The van der Waals surface area contributed by atoms with Gasteiger partial charge in [-0.1, -0.05) is 43.3 Å². The Morgan fingerprint density at radius 2 is 1.78 bits per heavy atom. The minimum Gasteiger partial charge on any atom is -0.361 e. The maximum atomic E-state index is 12.9. The molecule has 0 bridgehead atoms. The molecule has 1 atom stereocenters. The number of nitrogens with one attached hydrogen (secondary N) is 1. The molecule has 1 unspecified atom stereocenters. The summed E-state index contributed by atoms with van der Waals surface area (Å²) in [7, 11) is 0. The van der Waals surface area contributed by atoms with Crippen LogP contribution in [0.15, 0.2) is 60.8 Å². The summed E-state index contributed by atoms with van der Waals surface area (Å²) in [5.41, 5.74) is 3.29. The van der Waals surface area contributed by atoms with Crippen LogP contribution in [-0.2, 0) is 11.2 Å². The van der Waals surface area contributed by atoms with E-state index in [1.807, 2.05) is 67.4 Å². The molecule has 0 aliphatic heterocycles. The van der Waals surface area contributed by atoms with Crippen LogP contribution in [0.4, 0.5) is 5.69 Å². The largest absolute Gasteiger partial charge is 0.361 e. The van der Waals surface area contributed by atoms with E-state index in [-0.39, 0.29) is 11.8 Å². The Kier molecular flexibility index (Phi) is 4.47. The van der Waals surface area contributed by atoms with Gasteiger partial charge in [0.05, 0.1) is 0 Å². The van der Waals surface area contributed by atoms with Crippen molar-refractivity contribution in [2.24, 2.45) is 5.92 Å². The monoisotopic (exact) mass is 306 g/mol. The van der Waals surface area contributed by atoms with Gasteiger partial charge in [0.2, 0.25) is 5.91 Å². The quantitative estimate of drug-likeness (QED) is 0.745. The highest BCUT2D eigenvalue weighted by atomic mass is 16.2. The standard InChI is InChI=1S/C20H22N2O/c1-3-22(17-9-5-4-6-10-17)20(23)15(2)13-16-14-21-19-12-8-7-11-18(16)19/h4-12,14-15,21H,3,13H2,1-2H3. The van der Waals surface area contributed by atoms with Gasteiger partial charge in [0.15, 0.2) is 0 Å². The number of hydrogen-bond donors (Lipinski definition) is 1. The van der Waals surface area contributed by atoms with Crippen molar-refractivity contribution in [2.75, 3.05) is 11.4 Å². The minimum atomic E-state index is -0.0608. The van der Waals surface area contributed by atoms with E-state index >= 15 is 0 Å². The van der Waals surface area contributed by atoms with Crippen LogP contribution in [0.1, 0.15) is 19.4 Å². The highest BCUT2D eigenvalue weighted by Crippen LogP contribution is 2.23. The summed E-state index contributed by atoms with van der Waals surface area (Å²) in [5, 5.41) is 1.20. The fourth-order valence-electron chi connectivity index (χ4n) is 3.06. The molecule has 1 N–H and O–H groups in total. The molecule has 3 rings (SSSR count). The second kappa shape index (κ2) is 6.69. The molecule has 0 fully saturated rings. The highest BCUT2D eigenvalue weighted by molar-refractivity contribution is 5.95. The zero-order chi connectivity index (χ0) is 16.2. The summed E-state index contributed by atoms with van der Waals surface area (Å²) in [5.74, 6) is 0.110. The van der Waals surface area contributed by atoms with Crippen LogP contribution in [-0.4, -0.2) is 17.4 Å². The van der Waals surface area contributed by atoms with E-state index < -0.39 is 0 Å².